The first-order chi connectivity index (χ1) is 10.6. The first kappa shape index (κ1) is 14.3. The van der Waals surface area contributed by atoms with Gasteiger partial charge in [0.05, 0.1) is 16.9 Å². The highest BCUT2D eigenvalue weighted by Gasteiger charge is 2.18. The van der Waals surface area contributed by atoms with Gasteiger partial charge in [-0.1, -0.05) is 28.9 Å². The Morgan fingerprint density at radius 1 is 1.14 bits per heavy atom. The summed E-state index contributed by atoms with van der Waals surface area (Å²) in [7, 11) is 0. The van der Waals surface area contributed by atoms with Gasteiger partial charge in [0.2, 0.25) is 0 Å². The summed E-state index contributed by atoms with van der Waals surface area (Å²) in [6.07, 6.45) is 1.31. The molecule has 0 saturated heterocycles. The normalized spacial score (nSPS) is 10.5. The van der Waals surface area contributed by atoms with Crippen LogP contribution >= 0.6 is 11.6 Å². The predicted octanol–water partition coefficient (Wildman–Crippen LogP) is 4.39. The molecular weight excluding hydrogens is 307 g/mol. The zero-order valence-electron chi connectivity index (χ0n) is 11.2. The van der Waals surface area contributed by atoms with E-state index in [4.69, 9.17) is 16.1 Å². The van der Waals surface area contributed by atoms with E-state index in [1.807, 2.05) is 0 Å². The molecule has 0 aliphatic rings. The third kappa shape index (κ3) is 2.84. The minimum Gasteiger partial charge on any atom is -0.355 e. The molecule has 0 aliphatic carbocycles. The van der Waals surface area contributed by atoms with E-state index in [0.717, 1.165) is 0 Å². The average Bonchev–Trinajstić information content (AvgIpc) is 3.00. The maximum absolute atomic E-state index is 13.0. The fourth-order valence-corrected chi connectivity index (χ4v) is 2.15. The zero-order chi connectivity index (χ0) is 15.5. The van der Waals surface area contributed by atoms with Gasteiger partial charge in [-0.3, -0.25) is 4.79 Å². The molecule has 0 spiro atoms. The lowest BCUT2D eigenvalue weighted by Crippen LogP contribution is -2.12. The Kier molecular flexibility index (Phi) is 3.89. The summed E-state index contributed by atoms with van der Waals surface area (Å²) in [5.74, 6) is -0.511. The highest BCUT2D eigenvalue weighted by molar-refractivity contribution is 6.34. The first-order valence-electron chi connectivity index (χ1n) is 6.41. The molecule has 0 atom stereocenters. The maximum Gasteiger partial charge on any atom is 0.261 e. The molecule has 6 heteroatoms. The van der Waals surface area contributed by atoms with E-state index < -0.39 is 5.91 Å². The number of carbonyl (C=O) groups excluding carboxylic acids is 1. The topological polar surface area (TPSA) is 55.1 Å². The molecule has 2 aromatic carbocycles. The summed E-state index contributed by atoms with van der Waals surface area (Å²) < 4.78 is 18.1. The number of anilines is 1. The van der Waals surface area contributed by atoms with Gasteiger partial charge in [-0.15, -0.1) is 0 Å². The lowest BCUT2D eigenvalue weighted by Gasteiger charge is -2.06. The lowest BCUT2D eigenvalue weighted by molar-refractivity contribution is 0.102. The number of benzene rings is 2. The molecule has 1 N–H and O–H groups in total. The number of hydrogen-bond donors (Lipinski definition) is 1. The summed E-state index contributed by atoms with van der Waals surface area (Å²) in [5.41, 5.74) is 1.29. The Hall–Kier alpha value is -2.66. The molecule has 0 radical (unpaired) electrons. The number of para-hydroxylation sites is 1. The SMILES string of the molecule is O=C(Nc1ccccc1Cl)c1cnoc1-c1ccc(F)cc1. The molecule has 0 saturated carbocycles. The van der Waals surface area contributed by atoms with Crippen LogP contribution in [0.1, 0.15) is 10.4 Å². The van der Waals surface area contributed by atoms with Crippen LogP contribution in [0.5, 0.6) is 0 Å². The van der Waals surface area contributed by atoms with Gasteiger partial charge in [-0.05, 0) is 36.4 Å². The van der Waals surface area contributed by atoms with Crippen LogP contribution in [-0.4, -0.2) is 11.1 Å². The second-order valence-electron chi connectivity index (χ2n) is 4.51. The second kappa shape index (κ2) is 5.99. The van der Waals surface area contributed by atoms with E-state index >= 15 is 0 Å². The van der Waals surface area contributed by atoms with E-state index in [0.29, 0.717) is 16.3 Å². The molecule has 22 heavy (non-hydrogen) atoms. The Labute approximate surface area is 130 Å². The van der Waals surface area contributed by atoms with Gasteiger partial charge in [-0.2, -0.15) is 0 Å². The number of nitrogens with one attached hydrogen (secondary N) is 1. The summed E-state index contributed by atoms with van der Waals surface area (Å²) in [4.78, 5) is 12.3. The van der Waals surface area contributed by atoms with Crippen molar-refractivity contribution in [2.24, 2.45) is 0 Å². The minimum atomic E-state index is -0.409. The van der Waals surface area contributed by atoms with Crippen molar-refractivity contribution in [2.75, 3.05) is 5.32 Å². The standard InChI is InChI=1S/C16H10ClFN2O2/c17-13-3-1-2-4-14(13)20-16(21)12-9-19-22-15(12)10-5-7-11(18)8-6-10/h1-9H,(H,20,21). The monoisotopic (exact) mass is 316 g/mol. The quantitative estimate of drug-likeness (QED) is 0.779. The van der Waals surface area contributed by atoms with Gasteiger partial charge in [0, 0.05) is 5.56 Å². The van der Waals surface area contributed by atoms with Crippen LogP contribution in [0.25, 0.3) is 11.3 Å². The van der Waals surface area contributed by atoms with Crippen LogP contribution in [0, 0.1) is 5.82 Å². The summed E-state index contributed by atoms with van der Waals surface area (Å²) in [5, 5.41) is 6.76. The fourth-order valence-electron chi connectivity index (χ4n) is 1.96. The van der Waals surface area contributed by atoms with Crippen LogP contribution in [-0.2, 0) is 0 Å². The Morgan fingerprint density at radius 3 is 2.59 bits per heavy atom. The summed E-state index contributed by atoms with van der Waals surface area (Å²) in [6, 6.07) is 12.5. The van der Waals surface area contributed by atoms with E-state index in [2.05, 4.69) is 10.5 Å². The van der Waals surface area contributed by atoms with Crippen molar-refractivity contribution in [3.05, 3.63) is 71.1 Å². The molecule has 4 nitrogen and oxygen atoms in total. The second-order valence-corrected chi connectivity index (χ2v) is 4.92. The molecule has 0 unspecified atom stereocenters. The number of rotatable bonds is 3. The molecule has 110 valence electrons. The van der Waals surface area contributed by atoms with E-state index in [-0.39, 0.29) is 17.1 Å². The number of hydrogen-bond acceptors (Lipinski definition) is 3. The van der Waals surface area contributed by atoms with Crippen LogP contribution < -0.4 is 5.32 Å². The van der Waals surface area contributed by atoms with E-state index in [9.17, 15) is 9.18 Å². The number of halogens is 2. The Bertz CT molecular complexity index is 815. The average molecular weight is 317 g/mol. The molecule has 3 aromatic rings. The smallest absolute Gasteiger partial charge is 0.261 e. The number of nitrogens with zero attached hydrogens (tertiary/aromatic N) is 1. The first-order valence-corrected chi connectivity index (χ1v) is 6.79. The molecule has 3 rings (SSSR count). The lowest BCUT2D eigenvalue weighted by atomic mass is 10.1. The van der Waals surface area contributed by atoms with Gasteiger partial charge in [-0.25, -0.2) is 4.39 Å². The number of aromatic nitrogens is 1. The number of amides is 1. The minimum absolute atomic E-state index is 0.242. The van der Waals surface area contributed by atoms with Crippen molar-refractivity contribution in [2.45, 2.75) is 0 Å². The van der Waals surface area contributed by atoms with Crippen molar-refractivity contribution in [3.63, 3.8) is 0 Å². The van der Waals surface area contributed by atoms with Crippen molar-refractivity contribution < 1.29 is 13.7 Å². The maximum atomic E-state index is 13.0. The molecule has 0 bridgehead atoms. The van der Waals surface area contributed by atoms with Crippen molar-refractivity contribution in [3.8, 4) is 11.3 Å². The highest BCUT2D eigenvalue weighted by atomic mass is 35.5. The van der Waals surface area contributed by atoms with E-state index in [1.165, 1.54) is 30.5 Å². The fraction of sp³-hybridized carbons (Fsp3) is 0. The van der Waals surface area contributed by atoms with Crippen molar-refractivity contribution in [1.29, 1.82) is 0 Å². The van der Waals surface area contributed by atoms with Crippen LogP contribution in [0.4, 0.5) is 10.1 Å². The van der Waals surface area contributed by atoms with E-state index in [1.54, 1.807) is 24.3 Å². The third-order valence-corrected chi connectivity index (χ3v) is 3.37. The predicted molar refractivity (Wildman–Crippen MR) is 81.3 cm³/mol. The molecule has 1 amide bonds. The van der Waals surface area contributed by atoms with Crippen LogP contribution in [0.15, 0.2) is 59.3 Å². The van der Waals surface area contributed by atoms with Crippen molar-refractivity contribution >= 4 is 23.2 Å². The van der Waals surface area contributed by atoms with Gasteiger partial charge in [0.15, 0.2) is 5.76 Å². The highest BCUT2D eigenvalue weighted by Crippen LogP contribution is 2.26. The molecule has 0 fully saturated rings. The van der Waals surface area contributed by atoms with Crippen molar-refractivity contribution in [1.82, 2.24) is 5.16 Å². The van der Waals surface area contributed by atoms with Crippen LogP contribution in [0.3, 0.4) is 0 Å². The molecule has 1 heterocycles. The largest absolute Gasteiger partial charge is 0.355 e. The Balaban J connectivity index is 1.90. The van der Waals surface area contributed by atoms with Gasteiger partial charge in [0.1, 0.15) is 11.4 Å². The zero-order valence-corrected chi connectivity index (χ0v) is 12.0. The molecular formula is C16H10ClFN2O2. The number of carbonyl (C=O) groups is 1. The third-order valence-electron chi connectivity index (χ3n) is 3.04. The molecule has 0 aliphatic heterocycles. The van der Waals surface area contributed by atoms with Gasteiger partial charge < -0.3 is 9.84 Å². The summed E-state index contributed by atoms with van der Waals surface area (Å²) >= 11 is 6.01. The Morgan fingerprint density at radius 2 is 1.86 bits per heavy atom. The molecule has 1 aromatic heterocycles. The summed E-state index contributed by atoms with van der Waals surface area (Å²) in [6.45, 7) is 0. The van der Waals surface area contributed by atoms with Crippen LogP contribution in [0.2, 0.25) is 5.02 Å². The van der Waals surface area contributed by atoms with Gasteiger partial charge >= 0.3 is 0 Å². The van der Waals surface area contributed by atoms with Gasteiger partial charge in [0.25, 0.3) is 5.91 Å².